The van der Waals surface area contributed by atoms with Gasteiger partial charge in [-0.3, -0.25) is 0 Å². The lowest BCUT2D eigenvalue weighted by atomic mass is 10.1. The van der Waals surface area contributed by atoms with Gasteiger partial charge in [0.2, 0.25) is 10.0 Å². The van der Waals surface area contributed by atoms with E-state index in [1.54, 1.807) is 6.08 Å². The SMILES string of the molecule is O=S(=O)(NC1CC1)C1C=Cc2ccccc2N1. The van der Waals surface area contributed by atoms with Crippen molar-refractivity contribution in [2.75, 3.05) is 5.32 Å². The summed E-state index contributed by atoms with van der Waals surface area (Å²) >= 11 is 0. The van der Waals surface area contributed by atoms with Crippen LogP contribution in [0.25, 0.3) is 6.08 Å². The number of nitrogens with one attached hydrogen (secondary N) is 2. The van der Waals surface area contributed by atoms with Crippen LogP contribution in [0.3, 0.4) is 0 Å². The van der Waals surface area contributed by atoms with Crippen molar-refractivity contribution >= 4 is 21.8 Å². The van der Waals surface area contributed by atoms with Crippen LogP contribution < -0.4 is 10.0 Å². The van der Waals surface area contributed by atoms with Gasteiger partial charge in [0.15, 0.2) is 5.37 Å². The summed E-state index contributed by atoms with van der Waals surface area (Å²) in [5.74, 6) is 0. The van der Waals surface area contributed by atoms with Gasteiger partial charge >= 0.3 is 0 Å². The van der Waals surface area contributed by atoms with Gasteiger partial charge < -0.3 is 5.32 Å². The van der Waals surface area contributed by atoms with E-state index in [4.69, 9.17) is 0 Å². The Morgan fingerprint density at radius 3 is 2.76 bits per heavy atom. The number of para-hydroxylation sites is 1. The van der Waals surface area contributed by atoms with Crippen LogP contribution in [0.2, 0.25) is 0 Å². The van der Waals surface area contributed by atoms with Crippen molar-refractivity contribution in [2.45, 2.75) is 24.3 Å². The van der Waals surface area contributed by atoms with E-state index in [0.717, 1.165) is 24.1 Å². The van der Waals surface area contributed by atoms with Gasteiger partial charge in [-0.15, -0.1) is 0 Å². The molecule has 1 heterocycles. The van der Waals surface area contributed by atoms with Crippen LogP contribution in [0.15, 0.2) is 30.3 Å². The van der Waals surface area contributed by atoms with Crippen molar-refractivity contribution in [1.82, 2.24) is 4.72 Å². The van der Waals surface area contributed by atoms with Crippen LogP contribution in [0.4, 0.5) is 5.69 Å². The van der Waals surface area contributed by atoms with E-state index in [9.17, 15) is 8.42 Å². The molecule has 1 aromatic carbocycles. The van der Waals surface area contributed by atoms with Crippen LogP contribution in [-0.2, 0) is 10.0 Å². The molecule has 2 aliphatic rings. The maximum Gasteiger partial charge on any atom is 0.236 e. The molecule has 3 rings (SSSR count). The van der Waals surface area contributed by atoms with Crippen LogP contribution in [-0.4, -0.2) is 19.8 Å². The molecule has 0 radical (unpaired) electrons. The zero-order chi connectivity index (χ0) is 11.9. The molecule has 1 saturated carbocycles. The molecule has 1 fully saturated rings. The molecular weight excluding hydrogens is 236 g/mol. The summed E-state index contributed by atoms with van der Waals surface area (Å²) in [5, 5.41) is 2.36. The fourth-order valence-electron chi connectivity index (χ4n) is 1.85. The highest BCUT2D eigenvalue weighted by atomic mass is 32.2. The van der Waals surface area contributed by atoms with Crippen molar-refractivity contribution in [1.29, 1.82) is 0 Å². The molecule has 5 heteroatoms. The first-order valence-electron chi connectivity index (χ1n) is 5.70. The number of fused-ring (bicyclic) bond motifs is 1. The predicted molar refractivity (Wildman–Crippen MR) is 68.0 cm³/mol. The fraction of sp³-hybridized carbons (Fsp3) is 0.333. The normalized spacial score (nSPS) is 22.9. The van der Waals surface area contributed by atoms with Crippen molar-refractivity contribution in [2.24, 2.45) is 0 Å². The third-order valence-electron chi connectivity index (χ3n) is 2.95. The number of sulfonamides is 1. The largest absolute Gasteiger partial charge is 0.364 e. The number of hydrogen-bond donors (Lipinski definition) is 2. The summed E-state index contributed by atoms with van der Waals surface area (Å²) in [6, 6.07) is 7.81. The molecule has 2 N–H and O–H groups in total. The predicted octanol–water partition coefficient (Wildman–Crippen LogP) is 1.53. The van der Waals surface area contributed by atoms with Gasteiger partial charge in [0, 0.05) is 11.7 Å². The maximum absolute atomic E-state index is 12.0. The zero-order valence-electron chi connectivity index (χ0n) is 9.26. The quantitative estimate of drug-likeness (QED) is 0.855. The molecule has 0 amide bonds. The van der Waals surface area contributed by atoms with Crippen molar-refractivity contribution in [3.63, 3.8) is 0 Å². The van der Waals surface area contributed by atoms with Gasteiger partial charge in [-0.1, -0.05) is 24.3 Å². The Morgan fingerprint density at radius 1 is 1.24 bits per heavy atom. The topological polar surface area (TPSA) is 58.2 Å². The molecule has 90 valence electrons. The van der Waals surface area contributed by atoms with Crippen molar-refractivity contribution in [3.05, 3.63) is 35.9 Å². The maximum atomic E-state index is 12.0. The minimum atomic E-state index is -3.31. The molecule has 1 aromatic rings. The highest BCUT2D eigenvalue weighted by molar-refractivity contribution is 7.90. The Labute approximate surface area is 101 Å². The molecule has 17 heavy (non-hydrogen) atoms. The molecule has 0 saturated heterocycles. The average molecular weight is 250 g/mol. The second-order valence-electron chi connectivity index (χ2n) is 4.45. The third kappa shape index (κ3) is 2.21. The Bertz CT molecular complexity index is 562. The Morgan fingerprint density at radius 2 is 2.00 bits per heavy atom. The Kier molecular flexibility index (Phi) is 2.45. The summed E-state index contributed by atoms with van der Waals surface area (Å²) in [4.78, 5) is 0. The molecule has 4 nitrogen and oxygen atoms in total. The second-order valence-corrected chi connectivity index (χ2v) is 6.28. The van der Waals surface area contributed by atoms with Crippen LogP contribution >= 0.6 is 0 Å². The van der Waals surface area contributed by atoms with Crippen molar-refractivity contribution < 1.29 is 8.42 Å². The van der Waals surface area contributed by atoms with Gasteiger partial charge in [-0.2, -0.15) is 0 Å². The highest BCUT2D eigenvalue weighted by Gasteiger charge is 2.32. The molecule has 0 aromatic heterocycles. The highest BCUT2D eigenvalue weighted by Crippen LogP contribution is 2.26. The van der Waals surface area contributed by atoms with Gasteiger partial charge in [0.25, 0.3) is 0 Å². The zero-order valence-corrected chi connectivity index (χ0v) is 10.1. The smallest absolute Gasteiger partial charge is 0.236 e. The van der Waals surface area contributed by atoms with Crippen LogP contribution in [0, 0.1) is 0 Å². The van der Waals surface area contributed by atoms with Crippen LogP contribution in [0.1, 0.15) is 18.4 Å². The summed E-state index contributed by atoms with van der Waals surface area (Å²) < 4.78 is 26.7. The summed E-state index contributed by atoms with van der Waals surface area (Å²) in [6.45, 7) is 0. The van der Waals surface area contributed by atoms with E-state index < -0.39 is 15.4 Å². The minimum absolute atomic E-state index is 0.146. The molecule has 1 unspecified atom stereocenters. The Balaban J connectivity index is 1.84. The number of hydrogen-bond acceptors (Lipinski definition) is 3. The van der Waals surface area contributed by atoms with Gasteiger partial charge in [-0.05, 0) is 30.5 Å². The van der Waals surface area contributed by atoms with E-state index in [2.05, 4.69) is 10.0 Å². The first kappa shape index (κ1) is 10.8. The lowest BCUT2D eigenvalue weighted by molar-refractivity contribution is 0.576. The lowest BCUT2D eigenvalue weighted by Crippen LogP contribution is -2.40. The molecular formula is C12H14N2O2S. The molecule has 1 aliphatic heterocycles. The van der Waals surface area contributed by atoms with E-state index in [1.807, 2.05) is 30.3 Å². The number of anilines is 1. The fourth-order valence-corrected chi connectivity index (χ4v) is 3.27. The summed E-state index contributed by atoms with van der Waals surface area (Å²) in [5.41, 5.74) is 1.88. The summed E-state index contributed by atoms with van der Waals surface area (Å²) in [7, 11) is -3.31. The van der Waals surface area contributed by atoms with Gasteiger partial charge in [-0.25, -0.2) is 13.1 Å². The Hall–Kier alpha value is -1.33. The van der Waals surface area contributed by atoms with Crippen LogP contribution in [0.5, 0.6) is 0 Å². The third-order valence-corrected chi connectivity index (χ3v) is 4.56. The summed E-state index contributed by atoms with van der Waals surface area (Å²) in [6.07, 6.45) is 5.44. The molecule has 0 spiro atoms. The standard InChI is InChI=1S/C12H14N2O2S/c15-17(16,14-10-6-7-10)12-8-5-9-3-1-2-4-11(9)13-12/h1-5,8,10,12-14H,6-7H2. The molecule has 0 bridgehead atoms. The van der Waals surface area contributed by atoms with Gasteiger partial charge in [0.05, 0.1) is 0 Å². The minimum Gasteiger partial charge on any atom is -0.364 e. The average Bonchev–Trinajstić information content (AvgIpc) is 3.11. The number of benzene rings is 1. The van der Waals surface area contributed by atoms with E-state index in [1.165, 1.54) is 0 Å². The first-order valence-corrected chi connectivity index (χ1v) is 7.25. The van der Waals surface area contributed by atoms with E-state index in [-0.39, 0.29) is 6.04 Å². The monoisotopic (exact) mass is 250 g/mol. The second kappa shape index (κ2) is 3.85. The first-order chi connectivity index (χ1) is 8.15. The van der Waals surface area contributed by atoms with E-state index >= 15 is 0 Å². The van der Waals surface area contributed by atoms with Gasteiger partial charge in [0.1, 0.15) is 0 Å². The lowest BCUT2D eigenvalue weighted by Gasteiger charge is -2.22. The molecule has 1 aliphatic carbocycles. The number of rotatable bonds is 3. The molecule has 1 atom stereocenters. The van der Waals surface area contributed by atoms with Crippen molar-refractivity contribution in [3.8, 4) is 0 Å². The van der Waals surface area contributed by atoms with E-state index in [0.29, 0.717) is 0 Å².